The number of esters is 1. The molecule has 152 valence electrons. The van der Waals surface area contributed by atoms with E-state index in [0.29, 0.717) is 17.5 Å². The largest absolute Gasteiger partial charge is 0.457 e. The fraction of sp³-hybridized carbons (Fsp3) is 0.667. The molecule has 1 heterocycles. The van der Waals surface area contributed by atoms with Gasteiger partial charge in [0.1, 0.15) is 12.2 Å². The molecule has 0 unspecified atom stereocenters. The highest BCUT2D eigenvalue weighted by Crippen LogP contribution is 2.44. The van der Waals surface area contributed by atoms with Crippen LogP contribution >= 0.6 is 0 Å². The summed E-state index contributed by atoms with van der Waals surface area (Å²) in [4.78, 5) is 18.6. The topological polar surface area (TPSA) is 47.9 Å². The van der Waals surface area contributed by atoms with Gasteiger partial charge in [0.15, 0.2) is 5.71 Å². The van der Waals surface area contributed by atoms with Crippen LogP contribution in [0.2, 0.25) is 0 Å². The maximum Gasteiger partial charge on any atom is 0.356 e. The first-order valence-electron chi connectivity index (χ1n) is 11.0. The first-order valence-corrected chi connectivity index (χ1v) is 11.0. The van der Waals surface area contributed by atoms with Crippen LogP contribution in [0.5, 0.6) is 0 Å². The Kier molecular flexibility index (Phi) is 5.48. The molecular weight excluding hydrogens is 350 g/mol. The average molecular weight is 384 g/mol. The lowest BCUT2D eigenvalue weighted by molar-refractivity contribution is -0.148. The van der Waals surface area contributed by atoms with E-state index in [4.69, 9.17) is 9.57 Å². The van der Waals surface area contributed by atoms with E-state index in [2.05, 4.69) is 56.3 Å². The van der Waals surface area contributed by atoms with Crippen LogP contribution < -0.4 is 0 Å². The van der Waals surface area contributed by atoms with Crippen molar-refractivity contribution < 1.29 is 14.4 Å². The van der Waals surface area contributed by atoms with Gasteiger partial charge in [-0.3, -0.25) is 0 Å². The van der Waals surface area contributed by atoms with Crippen molar-refractivity contribution in [3.05, 3.63) is 35.9 Å². The Balaban J connectivity index is 1.51. The van der Waals surface area contributed by atoms with Crippen LogP contribution in [-0.2, 0) is 19.8 Å². The van der Waals surface area contributed by atoms with E-state index in [1.54, 1.807) is 0 Å². The molecule has 2 aliphatic carbocycles. The van der Waals surface area contributed by atoms with Crippen LogP contribution in [0.25, 0.3) is 0 Å². The highest BCUT2D eigenvalue weighted by Gasteiger charge is 2.45. The lowest BCUT2D eigenvalue weighted by Gasteiger charge is -2.44. The summed E-state index contributed by atoms with van der Waals surface area (Å²) in [5, 5.41) is 4.15. The number of nitrogens with zero attached hydrogens (tertiary/aromatic N) is 1. The van der Waals surface area contributed by atoms with Crippen LogP contribution in [0.4, 0.5) is 0 Å². The maximum absolute atomic E-state index is 13.1. The minimum atomic E-state index is -0.248. The summed E-state index contributed by atoms with van der Waals surface area (Å²) >= 11 is 0. The van der Waals surface area contributed by atoms with Gasteiger partial charge in [-0.05, 0) is 49.0 Å². The molecule has 4 rings (SSSR count). The Morgan fingerprint density at radius 2 is 1.86 bits per heavy atom. The van der Waals surface area contributed by atoms with Crippen LogP contribution in [0.15, 0.2) is 35.5 Å². The van der Waals surface area contributed by atoms with Gasteiger partial charge >= 0.3 is 5.97 Å². The minimum Gasteiger partial charge on any atom is -0.457 e. The van der Waals surface area contributed by atoms with Crippen LogP contribution in [0.1, 0.15) is 71.3 Å². The maximum atomic E-state index is 13.1. The highest BCUT2D eigenvalue weighted by molar-refractivity contribution is 6.37. The molecule has 0 spiro atoms. The van der Waals surface area contributed by atoms with Gasteiger partial charge in [0.25, 0.3) is 0 Å². The Bertz CT molecular complexity index is 727. The van der Waals surface area contributed by atoms with Crippen molar-refractivity contribution in [2.45, 2.75) is 83.3 Å². The van der Waals surface area contributed by atoms with Gasteiger partial charge in [-0.2, -0.15) is 0 Å². The zero-order valence-corrected chi connectivity index (χ0v) is 17.4. The normalized spacial score (nSPS) is 32.8. The van der Waals surface area contributed by atoms with Gasteiger partial charge in [-0.1, -0.05) is 69.1 Å². The number of hydrogen-bond donors (Lipinski definition) is 0. The van der Waals surface area contributed by atoms with Gasteiger partial charge in [-0.25, -0.2) is 4.79 Å². The summed E-state index contributed by atoms with van der Waals surface area (Å²) in [6.07, 6.45) is 7.48. The fourth-order valence-corrected chi connectivity index (χ4v) is 5.48. The Labute approximate surface area is 168 Å². The molecule has 0 radical (unpaired) electrons. The third-order valence-electron chi connectivity index (χ3n) is 7.31. The molecule has 3 aliphatic rings. The summed E-state index contributed by atoms with van der Waals surface area (Å²) in [5.74, 6) is 0.759. The standard InChI is InChI=1S/C24H33NO3/c1-16-13-14-19(24(2,3)17-9-5-4-6-10-17)21(15-16)27-23(26)22-18-11-7-8-12-20(18)28-25-22/h4-6,9-10,16,18-21H,7-8,11-15H2,1-3H3/t16-,18+,19-,20-,21-/m1/s1. The molecule has 2 saturated carbocycles. The number of carbonyl (C=O) groups is 1. The van der Waals surface area contributed by atoms with Gasteiger partial charge in [0.05, 0.1) is 5.92 Å². The van der Waals surface area contributed by atoms with Crippen molar-refractivity contribution in [2.75, 3.05) is 0 Å². The predicted molar refractivity (Wildman–Crippen MR) is 110 cm³/mol. The number of carbonyl (C=O) groups excluding carboxylic acids is 1. The summed E-state index contributed by atoms with van der Waals surface area (Å²) in [6.45, 7) is 6.84. The molecule has 0 aromatic heterocycles. The van der Waals surface area contributed by atoms with E-state index in [1.165, 1.54) is 12.0 Å². The molecule has 1 aliphatic heterocycles. The van der Waals surface area contributed by atoms with Crippen molar-refractivity contribution in [1.29, 1.82) is 0 Å². The third-order valence-corrected chi connectivity index (χ3v) is 7.31. The first-order chi connectivity index (χ1) is 13.5. The molecule has 1 aromatic rings. The van der Waals surface area contributed by atoms with Gasteiger partial charge in [0.2, 0.25) is 0 Å². The van der Waals surface area contributed by atoms with Crippen molar-refractivity contribution in [3.8, 4) is 0 Å². The fourth-order valence-electron chi connectivity index (χ4n) is 5.48. The molecule has 4 heteroatoms. The molecule has 5 atom stereocenters. The van der Waals surface area contributed by atoms with E-state index in [-0.39, 0.29) is 29.5 Å². The Hall–Kier alpha value is -1.84. The van der Waals surface area contributed by atoms with E-state index in [0.717, 1.165) is 38.5 Å². The lowest BCUT2D eigenvalue weighted by atomic mass is 9.64. The molecule has 0 saturated heterocycles. The quantitative estimate of drug-likeness (QED) is 0.667. The summed E-state index contributed by atoms with van der Waals surface area (Å²) < 4.78 is 6.17. The van der Waals surface area contributed by atoms with Gasteiger partial charge in [0, 0.05) is 5.92 Å². The molecule has 2 fully saturated rings. The number of benzene rings is 1. The third kappa shape index (κ3) is 3.70. The average Bonchev–Trinajstić information content (AvgIpc) is 3.13. The summed E-state index contributed by atoms with van der Waals surface area (Å²) in [5.41, 5.74) is 1.79. The van der Waals surface area contributed by atoms with Gasteiger partial charge < -0.3 is 9.57 Å². The zero-order chi connectivity index (χ0) is 19.7. The van der Waals surface area contributed by atoms with E-state index < -0.39 is 0 Å². The molecule has 0 amide bonds. The highest BCUT2D eigenvalue weighted by atomic mass is 16.6. The van der Waals surface area contributed by atoms with Crippen molar-refractivity contribution in [3.63, 3.8) is 0 Å². The summed E-state index contributed by atoms with van der Waals surface area (Å²) in [7, 11) is 0. The van der Waals surface area contributed by atoms with E-state index >= 15 is 0 Å². The molecule has 28 heavy (non-hydrogen) atoms. The smallest absolute Gasteiger partial charge is 0.356 e. The zero-order valence-electron chi connectivity index (χ0n) is 17.4. The molecular formula is C24H33NO3. The summed E-state index contributed by atoms with van der Waals surface area (Å²) in [6, 6.07) is 10.6. The number of oxime groups is 1. The molecule has 4 nitrogen and oxygen atoms in total. The minimum absolute atomic E-state index is 0.0479. The Morgan fingerprint density at radius 1 is 1.11 bits per heavy atom. The molecule has 1 aromatic carbocycles. The number of hydrogen-bond acceptors (Lipinski definition) is 4. The van der Waals surface area contributed by atoms with Crippen molar-refractivity contribution in [1.82, 2.24) is 0 Å². The molecule has 0 bridgehead atoms. The van der Waals surface area contributed by atoms with Crippen LogP contribution in [0.3, 0.4) is 0 Å². The van der Waals surface area contributed by atoms with E-state index in [9.17, 15) is 4.79 Å². The SMILES string of the molecule is C[C@@H]1CC[C@@H](C(C)(C)c2ccccc2)[C@H](OC(=O)C2=NO[C@@H]3CCCC[C@H]23)C1. The second-order valence-corrected chi connectivity index (χ2v) is 9.57. The predicted octanol–water partition coefficient (Wildman–Crippen LogP) is 5.26. The van der Waals surface area contributed by atoms with Crippen LogP contribution in [0, 0.1) is 17.8 Å². The lowest BCUT2D eigenvalue weighted by Crippen LogP contribution is -2.45. The van der Waals surface area contributed by atoms with Crippen molar-refractivity contribution >= 4 is 11.7 Å². The first kappa shape index (κ1) is 19.5. The Morgan fingerprint density at radius 3 is 2.64 bits per heavy atom. The second-order valence-electron chi connectivity index (χ2n) is 9.57. The van der Waals surface area contributed by atoms with Crippen LogP contribution in [-0.4, -0.2) is 23.9 Å². The second kappa shape index (κ2) is 7.88. The van der Waals surface area contributed by atoms with E-state index in [1.807, 2.05) is 0 Å². The van der Waals surface area contributed by atoms with Crippen molar-refractivity contribution in [2.24, 2.45) is 22.9 Å². The number of ether oxygens (including phenoxy) is 1. The monoisotopic (exact) mass is 383 g/mol. The molecule has 0 N–H and O–H groups in total. The number of fused-ring (bicyclic) bond motifs is 1. The number of rotatable bonds is 4. The van der Waals surface area contributed by atoms with Gasteiger partial charge in [-0.15, -0.1) is 0 Å².